The van der Waals surface area contributed by atoms with Crippen LogP contribution in [0.15, 0.2) is 0 Å². The topological polar surface area (TPSA) is 49.7 Å². The molecular formula is C6H12O3. The van der Waals surface area contributed by atoms with Gasteiger partial charge in [-0.3, -0.25) is 0 Å². The highest BCUT2D eigenvalue weighted by atomic mass is 16.5. The van der Waals surface area contributed by atoms with Crippen molar-refractivity contribution in [1.82, 2.24) is 0 Å². The predicted molar refractivity (Wildman–Crippen MR) is 32.0 cm³/mol. The summed E-state index contributed by atoms with van der Waals surface area (Å²) in [5.74, 6) is 0. The standard InChI is InChI=1S/C6H12O3/c1-4-2-5(8)6(3-7)9-4/h4-8H,2-3H2,1H3/t4?,5-,6+/m1/s1. The SMILES string of the molecule is CC1C[C@@H](O)[C@H](CO)O1. The van der Waals surface area contributed by atoms with E-state index in [4.69, 9.17) is 14.9 Å². The Balaban J connectivity index is 2.38. The second-order valence-corrected chi connectivity index (χ2v) is 2.47. The number of hydrogen-bond acceptors (Lipinski definition) is 3. The van der Waals surface area contributed by atoms with Crippen molar-refractivity contribution in [3.8, 4) is 0 Å². The molecule has 1 saturated heterocycles. The fourth-order valence-corrected chi connectivity index (χ4v) is 1.10. The first-order chi connectivity index (χ1) is 4.24. The van der Waals surface area contributed by atoms with Gasteiger partial charge in [0.1, 0.15) is 6.10 Å². The van der Waals surface area contributed by atoms with Gasteiger partial charge in [-0.05, 0) is 6.92 Å². The van der Waals surface area contributed by atoms with Gasteiger partial charge in [0, 0.05) is 6.42 Å². The Morgan fingerprint density at radius 2 is 2.33 bits per heavy atom. The first kappa shape index (κ1) is 6.99. The molecule has 1 aliphatic heterocycles. The van der Waals surface area contributed by atoms with E-state index in [0.717, 1.165) is 0 Å². The lowest BCUT2D eigenvalue weighted by Gasteiger charge is -2.08. The zero-order valence-electron chi connectivity index (χ0n) is 5.45. The van der Waals surface area contributed by atoms with E-state index in [9.17, 15) is 0 Å². The van der Waals surface area contributed by atoms with E-state index in [1.165, 1.54) is 0 Å². The highest BCUT2D eigenvalue weighted by Gasteiger charge is 2.30. The third kappa shape index (κ3) is 1.41. The summed E-state index contributed by atoms with van der Waals surface area (Å²) in [6, 6.07) is 0. The Hall–Kier alpha value is -0.120. The van der Waals surface area contributed by atoms with E-state index in [2.05, 4.69) is 0 Å². The van der Waals surface area contributed by atoms with Crippen molar-refractivity contribution in [3.63, 3.8) is 0 Å². The molecule has 1 fully saturated rings. The molecule has 1 rings (SSSR count). The Bertz CT molecular complexity index is 94.3. The maximum absolute atomic E-state index is 9.07. The van der Waals surface area contributed by atoms with Crippen LogP contribution in [0.1, 0.15) is 13.3 Å². The molecule has 2 N–H and O–H groups in total. The van der Waals surface area contributed by atoms with Crippen LogP contribution in [0.5, 0.6) is 0 Å². The van der Waals surface area contributed by atoms with Gasteiger partial charge in [0.2, 0.25) is 0 Å². The molecule has 1 aliphatic rings. The van der Waals surface area contributed by atoms with Crippen molar-refractivity contribution in [2.24, 2.45) is 0 Å². The van der Waals surface area contributed by atoms with Gasteiger partial charge < -0.3 is 14.9 Å². The van der Waals surface area contributed by atoms with E-state index in [1.807, 2.05) is 6.92 Å². The molecule has 0 saturated carbocycles. The fourth-order valence-electron chi connectivity index (χ4n) is 1.10. The summed E-state index contributed by atoms with van der Waals surface area (Å²) in [6.45, 7) is 1.81. The third-order valence-electron chi connectivity index (χ3n) is 1.59. The average Bonchev–Trinajstić information content (AvgIpc) is 2.10. The zero-order chi connectivity index (χ0) is 6.85. The molecule has 0 aliphatic carbocycles. The van der Waals surface area contributed by atoms with Crippen LogP contribution < -0.4 is 0 Å². The largest absolute Gasteiger partial charge is 0.394 e. The van der Waals surface area contributed by atoms with Crippen molar-refractivity contribution in [3.05, 3.63) is 0 Å². The molecule has 54 valence electrons. The summed E-state index contributed by atoms with van der Waals surface area (Å²) in [5.41, 5.74) is 0. The highest BCUT2D eigenvalue weighted by Crippen LogP contribution is 2.18. The van der Waals surface area contributed by atoms with E-state index in [0.29, 0.717) is 6.42 Å². The molecule has 0 aromatic rings. The first-order valence-corrected chi connectivity index (χ1v) is 3.18. The number of ether oxygens (including phenoxy) is 1. The second kappa shape index (κ2) is 2.64. The lowest BCUT2D eigenvalue weighted by molar-refractivity contribution is -0.0170. The Morgan fingerprint density at radius 3 is 2.56 bits per heavy atom. The predicted octanol–water partition coefficient (Wildman–Crippen LogP) is -0.483. The normalized spacial score (nSPS) is 43.7. The van der Waals surface area contributed by atoms with Crippen LogP contribution in [-0.2, 0) is 4.74 Å². The Labute approximate surface area is 54.3 Å². The van der Waals surface area contributed by atoms with Gasteiger partial charge in [0.05, 0.1) is 18.8 Å². The van der Waals surface area contributed by atoms with Crippen LogP contribution in [0.2, 0.25) is 0 Å². The minimum Gasteiger partial charge on any atom is -0.394 e. The smallest absolute Gasteiger partial charge is 0.107 e. The van der Waals surface area contributed by atoms with E-state index < -0.39 is 6.10 Å². The van der Waals surface area contributed by atoms with Crippen LogP contribution in [0, 0.1) is 0 Å². The lowest BCUT2D eigenvalue weighted by atomic mass is 10.1. The van der Waals surface area contributed by atoms with Crippen LogP contribution in [0.25, 0.3) is 0 Å². The molecule has 0 amide bonds. The summed E-state index contributed by atoms with van der Waals surface area (Å²) < 4.78 is 5.12. The van der Waals surface area contributed by atoms with Crippen molar-refractivity contribution in [2.75, 3.05) is 6.61 Å². The molecule has 0 aromatic carbocycles. The monoisotopic (exact) mass is 132 g/mol. The highest BCUT2D eigenvalue weighted by molar-refractivity contribution is 4.78. The molecule has 1 heterocycles. The number of aliphatic hydroxyl groups is 2. The quantitative estimate of drug-likeness (QED) is 0.506. The molecule has 0 radical (unpaired) electrons. The van der Waals surface area contributed by atoms with Crippen molar-refractivity contribution >= 4 is 0 Å². The van der Waals surface area contributed by atoms with Gasteiger partial charge in [0.25, 0.3) is 0 Å². The second-order valence-electron chi connectivity index (χ2n) is 2.47. The average molecular weight is 132 g/mol. The van der Waals surface area contributed by atoms with Gasteiger partial charge >= 0.3 is 0 Å². The third-order valence-corrected chi connectivity index (χ3v) is 1.59. The number of aliphatic hydroxyl groups excluding tert-OH is 2. The lowest BCUT2D eigenvalue weighted by Crippen LogP contribution is -2.24. The summed E-state index contributed by atoms with van der Waals surface area (Å²) in [4.78, 5) is 0. The van der Waals surface area contributed by atoms with Crippen LogP contribution >= 0.6 is 0 Å². The number of rotatable bonds is 1. The van der Waals surface area contributed by atoms with E-state index in [-0.39, 0.29) is 18.8 Å². The molecular weight excluding hydrogens is 120 g/mol. The van der Waals surface area contributed by atoms with Crippen LogP contribution in [-0.4, -0.2) is 35.1 Å². The zero-order valence-corrected chi connectivity index (χ0v) is 5.45. The van der Waals surface area contributed by atoms with Crippen molar-refractivity contribution < 1.29 is 14.9 Å². The molecule has 1 unspecified atom stereocenters. The van der Waals surface area contributed by atoms with Crippen LogP contribution in [0.4, 0.5) is 0 Å². The van der Waals surface area contributed by atoms with E-state index in [1.54, 1.807) is 0 Å². The van der Waals surface area contributed by atoms with Crippen molar-refractivity contribution in [1.29, 1.82) is 0 Å². The van der Waals surface area contributed by atoms with Gasteiger partial charge in [-0.15, -0.1) is 0 Å². The van der Waals surface area contributed by atoms with Gasteiger partial charge in [0.15, 0.2) is 0 Å². The summed E-state index contributed by atoms with van der Waals surface area (Å²) >= 11 is 0. The Kier molecular flexibility index (Phi) is 2.05. The Morgan fingerprint density at radius 1 is 1.67 bits per heavy atom. The summed E-state index contributed by atoms with van der Waals surface area (Å²) in [7, 11) is 0. The maximum atomic E-state index is 9.07. The molecule has 3 nitrogen and oxygen atoms in total. The molecule has 9 heavy (non-hydrogen) atoms. The van der Waals surface area contributed by atoms with E-state index >= 15 is 0 Å². The fraction of sp³-hybridized carbons (Fsp3) is 1.00. The maximum Gasteiger partial charge on any atom is 0.107 e. The molecule has 0 spiro atoms. The molecule has 0 aromatic heterocycles. The van der Waals surface area contributed by atoms with Gasteiger partial charge in [-0.2, -0.15) is 0 Å². The first-order valence-electron chi connectivity index (χ1n) is 3.18. The van der Waals surface area contributed by atoms with Gasteiger partial charge in [-0.25, -0.2) is 0 Å². The van der Waals surface area contributed by atoms with Crippen LogP contribution in [0.3, 0.4) is 0 Å². The molecule has 3 heteroatoms. The minimum atomic E-state index is -0.468. The molecule has 3 atom stereocenters. The summed E-state index contributed by atoms with van der Waals surface area (Å²) in [5, 5.41) is 17.6. The minimum absolute atomic E-state index is 0.0779. The molecule has 0 bridgehead atoms. The summed E-state index contributed by atoms with van der Waals surface area (Å²) in [6.07, 6.45) is -0.0762. The number of hydrogen-bond donors (Lipinski definition) is 2. The van der Waals surface area contributed by atoms with Gasteiger partial charge in [-0.1, -0.05) is 0 Å². The van der Waals surface area contributed by atoms with Crippen molar-refractivity contribution in [2.45, 2.75) is 31.7 Å².